The first kappa shape index (κ1) is 19.8. The lowest BCUT2D eigenvalue weighted by molar-refractivity contribution is -0.123. The maximum absolute atomic E-state index is 12.6. The number of hydrogen-bond donors (Lipinski definition) is 2. The topological polar surface area (TPSA) is 100 Å². The molecule has 0 spiro atoms. The van der Waals surface area contributed by atoms with E-state index in [-0.39, 0.29) is 11.3 Å². The van der Waals surface area contributed by atoms with Crippen LogP contribution in [0.2, 0.25) is 0 Å². The summed E-state index contributed by atoms with van der Waals surface area (Å²) in [6.07, 6.45) is -0.996. The fraction of sp³-hybridized carbons (Fsp3) is 0.0909. The molecule has 0 aliphatic carbocycles. The molecule has 0 bridgehead atoms. The average Bonchev–Trinajstić information content (AvgIpc) is 2.74. The van der Waals surface area contributed by atoms with Crippen LogP contribution in [-0.2, 0) is 9.53 Å². The highest BCUT2D eigenvalue weighted by Gasteiger charge is 2.21. The van der Waals surface area contributed by atoms with Crippen molar-refractivity contribution in [1.82, 2.24) is 0 Å². The minimum Gasteiger partial charge on any atom is -0.508 e. The van der Waals surface area contributed by atoms with Crippen LogP contribution in [-0.4, -0.2) is 23.1 Å². The predicted molar refractivity (Wildman–Crippen MR) is 109 cm³/mol. The summed E-state index contributed by atoms with van der Waals surface area (Å²) in [5, 5.41) is 20.1. The van der Waals surface area contributed by atoms with Gasteiger partial charge in [0.15, 0.2) is 6.10 Å². The van der Waals surface area contributed by atoms with Gasteiger partial charge in [0.1, 0.15) is 11.4 Å². The second-order valence-electron chi connectivity index (χ2n) is 6.14. The van der Waals surface area contributed by atoms with E-state index in [4.69, 9.17) is 4.74 Å². The van der Waals surface area contributed by atoms with E-state index in [9.17, 15) is 14.7 Å². The standard InChI is InChI=1S/C22H19N3O4/c1-15(21(27)23-16-7-3-2-4-8-16)29-22(28)19-9-5-6-10-20(19)25-24-17-11-13-18(26)14-12-17/h2-15,26H,1H3,(H,23,27)/t15-/m1/s1. The van der Waals surface area contributed by atoms with Crippen LogP contribution in [0.3, 0.4) is 0 Å². The molecule has 7 nitrogen and oxygen atoms in total. The molecule has 29 heavy (non-hydrogen) atoms. The molecule has 2 N–H and O–H groups in total. The normalized spacial score (nSPS) is 11.8. The maximum atomic E-state index is 12.6. The van der Waals surface area contributed by atoms with Crippen molar-refractivity contribution >= 4 is 28.9 Å². The van der Waals surface area contributed by atoms with Crippen LogP contribution in [0.4, 0.5) is 17.1 Å². The predicted octanol–water partition coefficient (Wildman–Crippen LogP) is 4.99. The largest absolute Gasteiger partial charge is 0.508 e. The number of aromatic hydroxyl groups is 1. The fourth-order valence-corrected chi connectivity index (χ4v) is 2.41. The molecule has 0 saturated carbocycles. The third-order valence-corrected chi connectivity index (χ3v) is 3.94. The van der Waals surface area contributed by atoms with Gasteiger partial charge in [0.2, 0.25) is 0 Å². The highest BCUT2D eigenvalue weighted by molar-refractivity contribution is 5.99. The smallest absolute Gasteiger partial charge is 0.341 e. The number of benzene rings is 3. The number of para-hydroxylation sites is 1. The van der Waals surface area contributed by atoms with E-state index in [2.05, 4.69) is 15.5 Å². The first-order chi connectivity index (χ1) is 14.0. The third kappa shape index (κ3) is 5.49. The van der Waals surface area contributed by atoms with E-state index in [1.165, 1.54) is 19.1 Å². The number of phenols is 1. The number of phenolic OH excluding ortho intramolecular Hbond substituents is 1. The molecule has 1 amide bonds. The van der Waals surface area contributed by atoms with Gasteiger partial charge in [-0.2, -0.15) is 5.11 Å². The molecule has 7 heteroatoms. The summed E-state index contributed by atoms with van der Waals surface area (Å²) in [6, 6.07) is 21.6. The minimum absolute atomic E-state index is 0.121. The van der Waals surface area contributed by atoms with Crippen LogP contribution in [0.5, 0.6) is 5.75 Å². The zero-order valence-electron chi connectivity index (χ0n) is 15.6. The summed E-state index contributed by atoms with van der Waals surface area (Å²) >= 11 is 0. The van der Waals surface area contributed by atoms with Crippen molar-refractivity contribution in [1.29, 1.82) is 0 Å². The number of carbonyl (C=O) groups is 2. The second-order valence-corrected chi connectivity index (χ2v) is 6.14. The van der Waals surface area contributed by atoms with E-state index < -0.39 is 18.0 Å². The lowest BCUT2D eigenvalue weighted by Gasteiger charge is -2.14. The monoisotopic (exact) mass is 389 g/mol. The molecule has 0 aromatic heterocycles. The van der Waals surface area contributed by atoms with E-state index in [1.54, 1.807) is 60.7 Å². The Hall–Kier alpha value is -4.00. The SMILES string of the molecule is C[C@@H](OC(=O)c1ccccc1N=Nc1ccc(O)cc1)C(=O)Nc1ccccc1. The zero-order valence-corrected chi connectivity index (χ0v) is 15.6. The zero-order chi connectivity index (χ0) is 20.6. The minimum atomic E-state index is -0.996. The molecule has 0 unspecified atom stereocenters. The number of anilines is 1. The molecule has 0 heterocycles. The van der Waals surface area contributed by atoms with Crippen LogP contribution in [0.25, 0.3) is 0 Å². The third-order valence-electron chi connectivity index (χ3n) is 3.94. The summed E-state index contributed by atoms with van der Waals surface area (Å²) in [6.45, 7) is 1.50. The number of rotatable bonds is 6. The molecule has 3 aromatic carbocycles. The highest BCUT2D eigenvalue weighted by atomic mass is 16.5. The lowest BCUT2D eigenvalue weighted by Crippen LogP contribution is -2.30. The summed E-state index contributed by atoms with van der Waals surface area (Å²) in [5.41, 5.74) is 1.63. The van der Waals surface area contributed by atoms with Crippen molar-refractivity contribution in [3.8, 4) is 5.75 Å². The summed E-state index contributed by atoms with van der Waals surface area (Å²) in [5.74, 6) is -0.996. The highest BCUT2D eigenvalue weighted by Crippen LogP contribution is 2.24. The Balaban J connectivity index is 1.69. The Bertz CT molecular complexity index is 1020. The molecular formula is C22H19N3O4. The van der Waals surface area contributed by atoms with Crippen LogP contribution < -0.4 is 5.32 Å². The number of nitrogens with zero attached hydrogens (tertiary/aromatic N) is 2. The summed E-state index contributed by atoms with van der Waals surface area (Å²) in [7, 11) is 0. The Morgan fingerprint density at radius 2 is 1.55 bits per heavy atom. The van der Waals surface area contributed by atoms with Gasteiger partial charge in [-0.3, -0.25) is 4.79 Å². The second kappa shape index (κ2) is 9.27. The van der Waals surface area contributed by atoms with Gasteiger partial charge in [-0.1, -0.05) is 30.3 Å². The summed E-state index contributed by atoms with van der Waals surface area (Å²) in [4.78, 5) is 24.8. The first-order valence-corrected chi connectivity index (χ1v) is 8.89. The molecule has 3 aromatic rings. The molecular weight excluding hydrogens is 370 g/mol. The average molecular weight is 389 g/mol. The van der Waals surface area contributed by atoms with Crippen molar-refractivity contribution < 1.29 is 19.4 Å². The van der Waals surface area contributed by atoms with Gasteiger partial charge in [-0.25, -0.2) is 4.79 Å². The first-order valence-electron chi connectivity index (χ1n) is 8.89. The van der Waals surface area contributed by atoms with Crippen molar-refractivity contribution in [2.45, 2.75) is 13.0 Å². The Kier molecular flexibility index (Phi) is 6.32. The van der Waals surface area contributed by atoms with E-state index in [0.29, 0.717) is 17.1 Å². The molecule has 0 fully saturated rings. The molecule has 0 saturated heterocycles. The molecule has 0 aliphatic rings. The van der Waals surface area contributed by atoms with Crippen LogP contribution in [0.1, 0.15) is 17.3 Å². The number of amides is 1. The van der Waals surface area contributed by atoms with Crippen LogP contribution >= 0.6 is 0 Å². The maximum Gasteiger partial charge on any atom is 0.341 e. The quantitative estimate of drug-likeness (QED) is 0.458. The summed E-state index contributed by atoms with van der Waals surface area (Å²) < 4.78 is 5.29. The van der Waals surface area contributed by atoms with Crippen LogP contribution in [0, 0.1) is 0 Å². The van der Waals surface area contributed by atoms with Gasteiger partial charge in [0, 0.05) is 5.69 Å². The number of azo groups is 1. The Labute approximate surface area is 167 Å². The molecule has 0 radical (unpaired) electrons. The van der Waals surface area contributed by atoms with Crippen LogP contribution in [0.15, 0.2) is 89.1 Å². The molecule has 3 rings (SSSR count). The van der Waals surface area contributed by atoms with Crippen molar-refractivity contribution in [2.75, 3.05) is 5.32 Å². The van der Waals surface area contributed by atoms with Gasteiger partial charge >= 0.3 is 5.97 Å². The van der Waals surface area contributed by atoms with Gasteiger partial charge < -0.3 is 15.2 Å². The Morgan fingerprint density at radius 1 is 0.897 bits per heavy atom. The van der Waals surface area contributed by atoms with E-state index >= 15 is 0 Å². The van der Waals surface area contributed by atoms with Crippen molar-refractivity contribution in [2.24, 2.45) is 10.2 Å². The van der Waals surface area contributed by atoms with Gasteiger partial charge in [-0.15, -0.1) is 5.11 Å². The Morgan fingerprint density at radius 3 is 2.28 bits per heavy atom. The van der Waals surface area contributed by atoms with Crippen molar-refractivity contribution in [3.05, 3.63) is 84.4 Å². The number of carbonyl (C=O) groups excluding carboxylic acids is 2. The molecule has 146 valence electrons. The lowest BCUT2D eigenvalue weighted by atomic mass is 10.2. The number of ether oxygens (including phenoxy) is 1. The number of hydrogen-bond acceptors (Lipinski definition) is 6. The molecule has 1 atom stereocenters. The van der Waals surface area contributed by atoms with Crippen molar-refractivity contribution in [3.63, 3.8) is 0 Å². The van der Waals surface area contributed by atoms with Gasteiger partial charge in [-0.05, 0) is 55.5 Å². The van der Waals surface area contributed by atoms with Gasteiger partial charge in [0.05, 0.1) is 11.3 Å². The number of esters is 1. The van der Waals surface area contributed by atoms with E-state index in [1.807, 2.05) is 6.07 Å². The van der Waals surface area contributed by atoms with Gasteiger partial charge in [0.25, 0.3) is 5.91 Å². The number of nitrogens with one attached hydrogen (secondary N) is 1. The van der Waals surface area contributed by atoms with E-state index in [0.717, 1.165) is 0 Å². The molecule has 0 aliphatic heterocycles. The fourth-order valence-electron chi connectivity index (χ4n) is 2.41.